The highest BCUT2D eigenvalue weighted by Crippen LogP contribution is 2.30. The zero-order valence-electron chi connectivity index (χ0n) is 12.4. The van der Waals surface area contributed by atoms with E-state index in [-0.39, 0.29) is 18.4 Å². The van der Waals surface area contributed by atoms with E-state index in [9.17, 15) is 4.79 Å². The van der Waals surface area contributed by atoms with Crippen molar-refractivity contribution in [3.8, 4) is 5.75 Å². The summed E-state index contributed by atoms with van der Waals surface area (Å²) in [5.41, 5.74) is 6.42. The summed E-state index contributed by atoms with van der Waals surface area (Å²) in [4.78, 5) is 10.8. The third-order valence-electron chi connectivity index (χ3n) is 3.63. The van der Waals surface area contributed by atoms with Crippen LogP contribution in [0.2, 0.25) is 0 Å². The fourth-order valence-electron chi connectivity index (χ4n) is 2.44. The van der Waals surface area contributed by atoms with Gasteiger partial charge in [-0.3, -0.25) is 4.79 Å². The van der Waals surface area contributed by atoms with Crippen LogP contribution in [0.5, 0.6) is 5.75 Å². The molecule has 22 heavy (non-hydrogen) atoms. The van der Waals surface area contributed by atoms with Crippen LogP contribution in [0.3, 0.4) is 0 Å². The SMILES string of the molecule is Cn1c(CCC(N)=O)nnc1SCC1Cc2ccccc2O1. The Labute approximate surface area is 133 Å². The summed E-state index contributed by atoms with van der Waals surface area (Å²) in [6.45, 7) is 0. The van der Waals surface area contributed by atoms with Gasteiger partial charge in [0.05, 0.1) is 0 Å². The largest absolute Gasteiger partial charge is 0.489 e. The van der Waals surface area contributed by atoms with E-state index >= 15 is 0 Å². The highest BCUT2D eigenvalue weighted by Gasteiger charge is 2.23. The van der Waals surface area contributed by atoms with E-state index in [0.717, 1.165) is 28.9 Å². The van der Waals surface area contributed by atoms with Gasteiger partial charge in [-0.15, -0.1) is 10.2 Å². The number of nitrogens with two attached hydrogens (primary N) is 1. The van der Waals surface area contributed by atoms with Gasteiger partial charge in [0.1, 0.15) is 17.7 Å². The molecule has 116 valence electrons. The maximum absolute atomic E-state index is 10.8. The monoisotopic (exact) mass is 318 g/mol. The second-order valence-electron chi connectivity index (χ2n) is 5.29. The van der Waals surface area contributed by atoms with E-state index in [1.807, 2.05) is 29.8 Å². The first-order valence-electron chi connectivity index (χ1n) is 7.17. The van der Waals surface area contributed by atoms with Crippen LogP contribution in [0.15, 0.2) is 29.4 Å². The fourth-order valence-corrected chi connectivity index (χ4v) is 3.36. The van der Waals surface area contributed by atoms with Gasteiger partial charge in [0, 0.05) is 32.1 Å². The number of hydrogen-bond donors (Lipinski definition) is 1. The Morgan fingerprint density at radius 1 is 1.45 bits per heavy atom. The Hall–Kier alpha value is -2.02. The minimum absolute atomic E-state index is 0.160. The summed E-state index contributed by atoms with van der Waals surface area (Å²) >= 11 is 1.62. The molecule has 6 nitrogen and oxygen atoms in total. The van der Waals surface area contributed by atoms with Gasteiger partial charge in [-0.05, 0) is 11.6 Å². The van der Waals surface area contributed by atoms with Crippen molar-refractivity contribution in [3.05, 3.63) is 35.7 Å². The van der Waals surface area contributed by atoms with Gasteiger partial charge in [0.25, 0.3) is 0 Å². The number of amides is 1. The van der Waals surface area contributed by atoms with Crippen molar-refractivity contribution in [1.29, 1.82) is 0 Å². The van der Waals surface area contributed by atoms with Gasteiger partial charge in [0.2, 0.25) is 5.91 Å². The smallest absolute Gasteiger partial charge is 0.217 e. The lowest BCUT2D eigenvalue weighted by Gasteiger charge is -2.09. The molecule has 2 N–H and O–H groups in total. The topological polar surface area (TPSA) is 83.0 Å². The quantitative estimate of drug-likeness (QED) is 0.812. The number of thioether (sulfide) groups is 1. The molecule has 0 spiro atoms. The maximum atomic E-state index is 10.8. The molecule has 1 atom stereocenters. The Bertz CT molecular complexity index is 661. The summed E-state index contributed by atoms with van der Waals surface area (Å²) in [6.07, 6.45) is 1.89. The van der Waals surface area contributed by atoms with E-state index in [0.29, 0.717) is 6.42 Å². The van der Waals surface area contributed by atoms with Crippen LogP contribution in [0.25, 0.3) is 0 Å². The number of hydrogen-bond acceptors (Lipinski definition) is 5. The normalized spacial score (nSPS) is 16.3. The summed E-state index contributed by atoms with van der Waals surface area (Å²) in [6, 6.07) is 8.13. The summed E-state index contributed by atoms with van der Waals surface area (Å²) < 4.78 is 7.83. The van der Waals surface area contributed by atoms with Gasteiger partial charge in [-0.25, -0.2) is 0 Å². The predicted octanol–water partition coefficient (Wildman–Crippen LogP) is 1.33. The lowest BCUT2D eigenvalue weighted by molar-refractivity contribution is -0.118. The Morgan fingerprint density at radius 2 is 2.27 bits per heavy atom. The van der Waals surface area contributed by atoms with Gasteiger partial charge >= 0.3 is 0 Å². The van der Waals surface area contributed by atoms with Crippen LogP contribution in [0, 0.1) is 0 Å². The number of carbonyl (C=O) groups is 1. The molecule has 0 bridgehead atoms. The molecular weight excluding hydrogens is 300 g/mol. The molecule has 0 saturated heterocycles. The fraction of sp³-hybridized carbons (Fsp3) is 0.400. The summed E-state index contributed by atoms with van der Waals surface area (Å²) in [7, 11) is 1.91. The van der Waals surface area contributed by atoms with Gasteiger partial charge in [-0.1, -0.05) is 30.0 Å². The number of fused-ring (bicyclic) bond motifs is 1. The molecule has 0 saturated carbocycles. The first-order valence-corrected chi connectivity index (χ1v) is 8.16. The number of benzene rings is 1. The van der Waals surface area contributed by atoms with Crippen molar-refractivity contribution in [2.24, 2.45) is 12.8 Å². The summed E-state index contributed by atoms with van der Waals surface area (Å²) in [5, 5.41) is 9.12. The minimum Gasteiger partial charge on any atom is -0.489 e. The molecule has 2 heterocycles. The molecule has 7 heteroatoms. The molecule has 0 fully saturated rings. The molecule has 1 aromatic carbocycles. The van der Waals surface area contributed by atoms with Crippen LogP contribution in [0.1, 0.15) is 17.8 Å². The molecule has 0 aliphatic carbocycles. The van der Waals surface area contributed by atoms with Crippen LogP contribution >= 0.6 is 11.8 Å². The van der Waals surface area contributed by atoms with Gasteiger partial charge in [0.15, 0.2) is 5.16 Å². The van der Waals surface area contributed by atoms with Gasteiger partial charge in [-0.2, -0.15) is 0 Å². The molecule has 0 radical (unpaired) electrons. The molecule has 2 aromatic rings. The average Bonchev–Trinajstić information content (AvgIpc) is 3.06. The third kappa shape index (κ3) is 3.24. The van der Waals surface area contributed by atoms with Crippen molar-refractivity contribution in [3.63, 3.8) is 0 Å². The van der Waals surface area contributed by atoms with Crippen LogP contribution in [-0.4, -0.2) is 32.5 Å². The molecule has 1 aliphatic heterocycles. The van der Waals surface area contributed by atoms with E-state index < -0.39 is 0 Å². The molecule has 3 rings (SSSR count). The molecular formula is C15H18N4O2S. The van der Waals surface area contributed by atoms with E-state index in [4.69, 9.17) is 10.5 Å². The van der Waals surface area contributed by atoms with Crippen LogP contribution in [-0.2, 0) is 24.7 Å². The first-order chi connectivity index (χ1) is 10.6. The number of para-hydroxylation sites is 1. The number of aryl methyl sites for hydroxylation is 1. The van der Waals surface area contributed by atoms with E-state index in [2.05, 4.69) is 16.3 Å². The third-order valence-corrected chi connectivity index (χ3v) is 4.78. The van der Waals surface area contributed by atoms with Crippen molar-refractivity contribution in [1.82, 2.24) is 14.8 Å². The molecule has 1 aromatic heterocycles. The zero-order valence-corrected chi connectivity index (χ0v) is 13.2. The zero-order chi connectivity index (χ0) is 15.5. The summed E-state index contributed by atoms with van der Waals surface area (Å²) in [5.74, 6) is 2.25. The lowest BCUT2D eigenvalue weighted by atomic mass is 10.1. The highest BCUT2D eigenvalue weighted by molar-refractivity contribution is 7.99. The average molecular weight is 318 g/mol. The molecule has 1 unspecified atom stereocenters. The second-order valence-corrected chi connectivity index (χ2v) is 6.27. The second kappa shape index (κ2) is 6.39. The molecule has 1 amide bonds. The van der Waals surface area contributed by atoms with Crippen LogP contribution in [0.4, 0.5) is 0 Å². The Morgan fingerprint density at radius 3 is 3.05 bits per heavy atom. The van der Waals surface area contributed by atoms with E-state index in [1.165, 1.54) is 5.56 Å². The lowest BCUT2D eigenvalue weighted by Crippen LogP contribution is -2.16. The van der Waals surface area contributed by atoms with Crippen molar-refractivity contribution in [2.45, 2.75) is 30.5 Å². The number of ether oxygens (including phenoxy) is 1. The predicted molar refractivity (Wildman–Crippen MR) is 83.8 cm³/mol. The number of aromatic nitrogens is 3. The van der Waals surface area contributed by atoms with Crippen molar-refractivity contribution < 1.29 is 9.53 Å². The van der Waals surface area contributed by atoms with E-state index in [1.54, 1.807) is 11.8 Å². The highest BCUT2D eigenvalue weighted by atomic mass is 32.2. The van der Waals surface area contributed by atoms with Gasteiger partial charge < -0.3 is 15.0 Å². The van der Waals surface area contributed by atoms with Crippen molar-refractivity contribution >= 4 is 17.7 Å². The standard InChI is InChI=1S/C15H18N4O2S/c1-19-14(7-6-13(16)20)17-18-15(19)22-9-11-8-10-4-2-3-5-12(10)21-11/h2-5,11H,6-9H2,1H3,(H2,16,20). The Balaban J connectivity index is 1.56. The van der Waals surface area contributed by atoms with Crippen molar-refractivity contribution in [2.75, 3.05) is 5.75 Å². The first kappa shape index (κ1) is 14.9. The molecule has 1 aliphatic rings. The number of primary amides is 1. The number of rotatable bonds is 6. The maximum Gasteiger partial charge on any atom is 0.217 e. The minimum atomic E-state index is -0.325. The Kier molecular flexibility index (Phi) is 4.33. The number of carbonyl (C=O) groups excluding carboxylic acids is 1. The van der Waals surface area contributed by atoms with Crippen LogP contribution < -0.4 is 10.5 Å². The number of nitrogens with zero attached hydrogens (tertiary/aromatic N) is 3.